The molecule has 0 aromatic heterocycles. The molecular weight excluding hydrogens is 210 g/mol. The van der Waals surface area contributed by atoms with Crippen LogP contribution in [0.3, 0.4) is 0 Å². The molecule has 0 bridgehead atoms. The fraction of sp³-hybridized carbons (Fsp3) is 0.733. The quantitative estimate of drug-likeness (QED) is 0.656. The summed E-state index contributed by atoms with van der Waals surface area (Å²) in [6.07, 6.45) is 10.4. The van der Waals surface area contributed by atoms with Crippen LogP contribution in [0.25, 0.3) is 0 Å². The van der Waals surface area contributed by atoms with E-state index in [0.717, 1.165) is 39.1 Å². The number of hydrogen-bond donors (Lipinski definition) is 0. The summed E-state index contributed by atoms with van der Waals surface area (Å²) in [6, 6.07) is 0.540. The molecule has 1 atom stereocenters. The lowest BCUT2D eigenvalue weighted by molar-refractivity contribution is 0.0286. The Hall–Kier alpha value is -0.600. The molecule has 1 aliphatic rings. The Morgan fingerprint density at radius 1 is 1.29 bits per heavy atom. The van der Waals surface area contributed by atoms with E-state index >= 15 is 0 Å². The van der Waals surface area contributed by atoms with Crippen molar-refractivity contribution in [2.24, 2.45) is 0 Å². The fourth-order valence-electron chi connectivity index (χ4n) is 2.18. The highest BCUT2D eigenvalue weighted by atomic mass is 16.5. The zero-order chi connectivity index (χ0) is 12.5. The summed E-state index contributed by atoms with van der Waals surface area (Å²) in [5, 5.41) is 0. The molecule has 0 aromatic carbocycles. The Bertz CT molecular complexity index is 252. The molecule has 1 unspecified atom stereocenters. The van der Waals surface area contributed by atoms with E-state index in [1.165, 1.54) is 6.42 Å². The van der Waals surface area contributed by atoms with Gasteiger partial charge in [-0.1, -0.05) is 37.6 Å². The molecule has 17 heavy (non-hydrogen) atoms. The van der Waals surface area contributed by atoms with Gasteiger partial charge in [-0.05, 0) is 26.2 Å². The molecule has 1 rings (SSSR count). The van der Waals surface area contributed by atoms with Gasteiger partial charge in [-0.3, -0.25) is 4.90 Å². The zero-order valence-electron chi connectivity index (χ0n) is 11.6. The van der Waals surface area contributed by atoms with Crippen LogP contribution in [-0.2, 0) is 4.74 Å². The zero-order valence-corrected chi connectivity index (χ0v) is 11.6. The third-order valence-corrected chi connectivity index (χ3v) is 3.36. The van der Waals surface area contributed by atoms with Crippen LogP contribution in [0.2, 0.25) is 0 Å². The molecule has 0 saturated carbocycles. The van der Waals surface area contributed by atoms with E-state index in [1.54, 1.807) is 5.57 Å². The normalized spacial score (nSPS) is 21.0. The Kier molecular flexibility index (Phi) is 7.22. The van der Waals surface area contributed by atoms with Crippen molar-refractivity contribution in [2.45, 2.75) is 46.1 Å². The van der Waals surface area contributed by atoms with Gasteiger partial charge >= 0.3 is 0 Å². The Labute approximate surface area is 106 Å². The molecule has 2 heteroatoms. The van der Waals surface area contributed by atoms with E-state index in [4.69, 9.17) is 4.74 Å². The highest BCUT2D eigenvalue weighted by Crippen LogP contribution is 2.10. The van der Waals surface area contributed by atoms with Gasteiger partial charge in [-0.2, -0.15) is 0 Å². The maximum atomic E-state index is 5.37. The van der Waals surface area contributed by atoms with Crippen LogP contribution in [0.5, 0.6) is 0 Å². The molecule has 0 spiro atoms. The molecule has 98 valence electrons. The largest absolute Gasteiger partial charge is 0.379 e. The molecule has 0 aromatic rings. The topological polar surface area (TPSA) is 12.5 Å². The highest BCUT2D eigenvalue weighted by molar-refractivity contribution is 5.08. The average molecular weight is 237 g/mol. The van der Waals surface area contributed by atoms with Crippen molar-refractivity contribution in [1.82, 2.24) is 4.90 Å². The van der Waals surface area contributed by atoms with Crippen LogP contribution >= 0.6 is 0 Å². The first-order chi connectivity index (χ1) is 8.27. The minimum atomic E-state index is 0.540. The van der Waals surface area contributed by atoms with Crippen LogP contribution in [0.4, 0.5) is 0 Å². The van der Waals surface area contributed by atoms with Gasteiger partial charge in [0.2, 0.25) is 0 Å². The van der Waals surface area contributed by atoms with Gasteiger partial charge in [-0.25, -0.2) is 0 Å². The van der Waals surface area contributed by atoms with E-state index in [-0.39, 0.29) is 0 Å². The number of ether oxygens (including phenoxy) is 1. The lowest BCUT2D eigenvalue weighted by atomic mass is 10.1. The van der Waals surface area contributed by atoms with Gasteiger partial charge in [0.25, 0.3) is 0 Å². The van der Waals surface area contributed by atoms with Crippen molar-refractivity contribution in [1.29, 1.82) is 0 Å². The second-order valence-corrected chi connectivity index (χ2v) is 4.65. The van der Waals surface area contributed by atoms with Gasteiger partial charge in [-0.15, -0.1) is 0 Å². The van der Waals surface area contributed by atoms with E-state index in [0.29, 0.717) is 6.04 Å². The first kappa shape index (κ1) is 14.5. The van der Waals surface area contributed by atoms with Gasteiger partial charge in [0, 0.05) is 19.1 Å². The predicted octanol–water partition coefficient (Wildman–Crippen LogP) is 3.40. The summed E-state index contributed by atoms with van der Waals surface area (Å²) in [6.45, 7) is 10.6. The van der Waals surface area contributed by atoms with E-state index in [9.17, 15) is 0 Å². The summed E-state index contributed by atoms with van der Waals surface area (Å²) in [4.78, 5) is 2.48. The summed E-state index contributed by atoms with van der Waals surface area (Å²) >= 11 is 0. The Balaban J connectivity index is 2.33. The SMILES string of the molecule is CCC=C(CC)CC=CC(C)N1CCOCC1. The molecular formula is C15H27NO. The van der Waals surface area contributed by atoms with Crippen molar-refractivity contribution in [3.05, 3.63) is 23.8 Å². The standard InChI is InChI=1S/C15H27NO/c1-4-7-15(5-2)9-6-8-14(3)16-10-12-17-13-11-16/h6-8,14H,4-5,9-13H2,1-3H3. The van der Waals surface area contributed by atoms with Gasteiger partial charge in [0.15, 0.2) is 0 Å². The maximum absolute atomic E-state index is 5.37. The second kappa shape index (κ2) is 8.48. The predicted molar refractivity (Wildman–Crippen MR) is 74.3 cm³/mol. The number of rotatable bonds is 6. The van der Waals surface area contributed by atoms with E-state index < -0.39 is 0 Å². The minimum Gasteiger partial charge on any atom is -0.379 e. The first-order valence-electron chi connectivity index (χ1n) is 6.94. The van der Waals surface area contributed by atoms with E-state index in [1.807, 2.05) is 0 Å². The van der Waals surface area contributed by atoms with Crippen molar-refractivity contribution >= 4 is 0 Å². The van der Waals surface area contributed by atoms with Gasteiger partial charge in [0.05, 0.1) is 13.2 Å². The highest BCUT2D eigenvalue weighted by Gasteiger charge is 2.14. The molecule has 1 aliphatic heterocycles. The minimum absolute atomic E-state index is 0.540. The molecule has 1 saturated heterocycles. The number of morpholine rings is 1. The summed E-state index contributed by atoms with van der Waals surface area (Å²) in [5.74, 6) is 0. The Morgan fingerprint density at radius 3 is 2.59 bits per heavy atom. The van der Waals surface area contributed by atoms with Crippen LogP contribution in [-0.4, -0.2) is 37.2 Å². The summed E-state index contributed by atoms with van der Waals surface area (Å²) in [5.41, 5.74) is 1.55. The summed E-state index contributed by atoms with van der Waals surface area (Å²) in [7, 11) is 0. The van der Waals surface area contributed by atoms with Crippen molar-refractivity contribution < 1.29 is 4.74 Å². The molecule has 2 nitrogen and oxygen atoms in total. The molecule has 0 amide bonds. The van der Waals surface area contributed by atoms with Crippen LogP contribution in [0.15, 0.2) is 23.8 Å². The maximum Gasteiger partial charge on any atom is 0.0594 e. The van der Waals surface area contributed by atoms with Crippen molar-refractivity contribution in [3.8, 4) is 0 Å². The molecule has 0 N–H and O–H groups in total. The summed E-state index contributed by atoms with van der Waals surface area (Å²) < 4.78 is 5.37. The first-order valence-corrected chi connectivity index (χ1v) is 6.94. The molecule has 0 radical (unpaired) electrons. The Morgan fingerprint density at radius 2 is 2.00 bits per heavy atom. The third-order valence-electron chi connectivity index (χ3n) is 3.36. The smallest absolute Gasteiger partial charge is 0.0594 e. The van der Waals surface area contributed by atoms with Gasteiger partial charge < -0.3 is 4.74 Å². The number of allylic oxidation sites excluding steroid dienone is 3. The van der Waals surface area contributed by atoms with Crippen molar-refractivity contribution in [2.75, 3.05) is 26.3 Å². The molecule has 0 aliphatic carbocycles. The van der Waals surface area contributed by atoms with Crippen LogP contribution < -0.4 is 0 Å². The monoisotopic (exact) mass is 237 g/mol. The fourth-order valence-corrected chi connectivity index (χ4v) is 2.18. The second-order valence-electron chi connectivity index (χ2n) is 4.65. The lowest BCUT2D eigenvalue weighted by Gasteiger charge is -2.30. The number of nitrogens with zero attached hydrogens (tertiary/aromatic N) is 1. The third kappa shape index (κ3) is 5.51. The van der Waals surface area contributed by atoms with Crippen LogP contribution in [0.1, 0.15) is 40.0 Å². The van der Waals surface area contributed by atoms with Gasteiger partial charge in [0.1, 0.15) is 0 Å². The lowest BCUT2D eigenvalue weighted by Crippen LogP contribution is -2.41. The van der Waals surface area contributed by atoms with Crippen molar-refractivity contribution in [3.63, 3.8) is 0 Å². The number of hydrogen-bond acceptors (Lipinski definition) is 2. The average Bonchev–Trinajstić information content (AvgIpc) is 2.38. The molecule has 1 heterocycles. The van der Waals surface area contributed by atoms with Crippen LogP contribution in [0, 0.1) is 0 Å². The van der Waals surface area contributed by atoms with E-state index in [2.05, 4.69) is 43.9 Å². The molecule has 1 fully saturated rings.